The van der Waals surface area contributed by atoms with Crippen LogP contribution in [0, 0.1) is 15.2 Å². The molecule has 0 amide bonds. The molecule has 0 atom stereocenters. The number of carbonyl (C=O) groups is 1. The summed E-state index contributed by atoms with van der Waals surface area (Å²) in [6, 6.07) is 8.20. The maximum absolute atomic E-state index is 13.3. The van der Waals surface area contributed by atoms with E-state index in [9.17, 15) is 13.6 Å². The highest BCUT2D eigenvalue weighted by atomic mass is 127. The maximum atomic E-state index is 13.3. The van der Waals surface area contributed by atoms with Crippen LogP contribution in [0.3, 0.4) is 0 Å². The average Bonchev–Trinajstić information content (AvgIpc) is 2.33. The summed E-state index contributed by atoms with van der Waals surface area (Å²) < 4.78 is 26.8. The second kappa shape index (κ2) is 5.96. The van der Waals surface area contributed by atoms with Gasteiger partial charge in [0.1, 0.15) is 11.6 Å². The second-order valence-electron chi connectivity index (χ2n) is 3.97. The predicted octanol–water partition coefficient (Wildman–Crippen LogP) is 4.65. The van der Waals surface area contributed by atoms with E-state index < -0.39 is 11.6 Å². The van der Waals surface area contributed by atoms with Crippen molar-refractivity contribution in [1.82, 2.24) is 0 Å². The van der Waals surface area contributed by atoms with Gasteiger partial charge in [0.2, 0.25) is 0 Å². The first-order valence-electron chi connectivity index (χ1n) is 5.39. The van der Waals surface area contributed by atoms with Gasteiger partial charge in [-0.25, -0.2) is 8.78 Å². The summed E-state index contributed by atoms with van der Waals surface area (Å²) in [5.74, 6) is -1.13. The van der Waals surface area contributed by atoms with Gasteiger partial charge in [0.25, 0.3) is 0 Å². The summed E-state index contributed by atoms with van der Waals surface area (Å²) in [6.07, 6.45) is 0.0513. The highest BCUT2D eigenvalue weighted by Crippen LogP contribution is 2.19. The van der Waals surface area contributed by atoms with Gasteiger partial charge >= 0.3 is 0 Å². The topological polar surface area (TPSA) is 17.1 Å². The van der Waals surface area contributed by atoms with Gasteiger partial charge in [0.15, 0.2) is 5.78 Å². The highest BCUT2D eigenvalue weighted by molar-refractivity contribution is 14.1. The van der Waals surface area contributed by atoms with E-state index in [-0.39, 0.29) is 17.2 Å². The number of benzene rings is 2. The van der Waals surface area contributed by atoms with Crippen molar-refractivity contribution in [2.75, 3.05) is 0 Å². The molecule has 0 aliphatic rings. The zero-order valence-corrected chi connectivity index (χ0v) is 12.5. The van der Waals surface area contributed by atoms with Gasteiger partial charge < -0.3 is 0 Å². The Bertz CT molecular complexity index is 643. The van der Waals surface area contributed by atoms with Crippen LogP contribution < -0.4 is 0 Å². The van der Waals surface area contributed by atoms with Crippen LogP contribution in [-0.2, 0) is 6.42 Å². The van der Waals surface area contributed by atoms with Crippen LogP contribution in [0.15, 0.2) is 36.4 Å². The summed E-state index contributed by atoms with van der Waals surface area (Å²) in [5.41, 5.74) is 0.962. The maximum Gasteiger partial charge on any atom is 0.168 e. The number of halogens is 4. The Morgan fingerprint density at radius 1 is 1.16 bits per heavy atom. The molecule has 1 nitrogen and oxygen atoms in total. The molecular formula is C14H8ClF2IO. The molecule has 2 aromatic carbocycles. The first kappa shape index (κ1) is 14.4. The summed E-state index contributed by atoms with van der Waals surface area (Å²) in [6.45, 7) is 0. The van der Waals surface area contributed by atoms with Crippen molar-refractivity contribution in [3.8, 4) is 0 Å². The van der Waals surface area contributed by atoms with Crippen LogP contribution >= 0.6 is 34.2 Å². The molecule has 0 bridgehead atoms. The van der Waals surface area contributed by atoms with Crippen molar-refractivity contribution >= 4 is 40.0 Å². The summed E-state index contributed by atoms with van der Waals surface area (Å²) >= 11 is 7.47. The largest absolute Gasteiger partial charge is 0.294 e. The smallest absolute Gasteiger partial charge is 0.168 e. The van der Waals surface area contributed by atoms with Crippen molar-refractivity contribution in [3.05, 3.63) is 67.8 Å². The molecule has 0 aromatic heterocycles. The summed E-state index contributed by atoms with van der Waals surface area (Å²) in [7, 11) is 0. The Kier molecular flexibility index (Phi) is 4.52. The lowest BCUT2D eigenvalue weighted by molar-refractivity contribution is 0.0992. The standard InChI is InChI=1S/C14H8ClF2IO/c15-11-4-1-8(5-12(11)17)6-14(19)10-3-2-9(16)7-13(10)18/h1-5,7H,6H2. The molecule has 0 heterocycles. The number of ketones is 1. The lowest BCUT2D eigenvalue weighted by Gasteiger charge is -2.05. The molecule has 0 fully saturated rings. The van der Waals surface area contributed by atoms with Gasteiger partial charge in [0, 0.05) is 15.6 Å². The molecule has 0 unspecified atom stereocenters. The van der Waals surface area contributed by atoms with Crippen molar-refractivity contribution in [1.29, 1.82) is 0 Å². The fourth-order valence-electron chi connectivity index (χ4n) is 1.65. The van der Waals surface area contributed by atoms with E-state index in [2.05, 4.69) is 0 Å². The fraction of sp³-hybridized carbons (Fsp3) is 0.0714. The molecule has 2 rings (SSSR count). The third-order valence-electron chi connectivity index (χ3n) is 2.58. The molecular weight excluding hydrogens is 385 g/mol. The zero-order chi connectivity index (χ0) is 14.0. The predicted molar refractivity (Wildman–Crippen MR) is 78.6 cm³/mol. The van der Waals surface area contributed by atoms with E-state index in [1.165, 1.54) is 30.3 Å². The molecule has 98 valence electrons. The van der Waals surface area contributed by atoms with Gasteiger partial charge in [-0.2, -0.15) is 0 Å². The first-order chi connectivity index (χ1) is 8.97. The number of rotatable bonds is 3. The van der Waals surface area contributed by atoms with Crippen LogP contribution in [0.4, 0.5) is 8.78 Å². The third kappa shape index (κ3) is 3.51. The second-order valence-corrected chi connectivity index (χ2v) is 5.54. The molecule has 0 radical (unpaired) electrons. The minimum atomic E-state index is -0.555. The van der Waals surface area contributed by atoms with E-state index in [0.29, 0.717) is 14.7 Å². The van der Waals surface area contributed by atoms with Crippen LogP contribution in [-0.4, -0.2) is 5.78 Å². The zero-order valence-electron chi connectivity index (χ0n) is 9.59. The SMILES string of the molecule is O=C(Cc1ccc(Cl)c(F)c1)c1ccc(F)cc1I. The van der Waals surface area contributed by atoms with Crippen molar-refractivity contribution < 1.29 is 13.6 Å². The molecule has 0 aliphatic heterocycles. The Hall–Kier alpha value is -1.01. The van der Waals surface area contributed by atoms with Crippen molar-refractivity contribution in [2.24, 2.45) is 0 Å². The van der Waals surface area contributed by atoms with E-state index >= 15 is 0 Å². The third-order valence-corrected chi connectivity index (χ3v) is 3.78. The number of Topliss-reactive ketones (excluding diaryl/α,β-unsaturated/α-hetero) is 1. The van der Waals surface area contributed by atoms with E-state index in [0.717, 1.165) is 0 Å². The summed E-state index contributed by atoms with van der Waals surface area (Å²) in [4.78, 5) is 12.1. The number of hydrogen-bond acceptors (Lipinski definition) is 1. The van der Waals surface area contributed by atoms with Crippen LogP contribution in [0.25, 0.3) is 0 Å². The van der Waals surface area contributed by atoms with E-state index in [1.54, 1.807) is 6.07 Å². The molecule has 0 aliphatic carbocycles. The van der Waals surface area contributed by atoms with Gasteiger partial charge in [-0.1, -0.05) is 17.7 Å². The molecule has 2 aromatic rings. The highest BCUT2D eigenvalue weighted by Gasteiger charge is 2.12. The lowest BCUT2D eigenvalue weighted by Crippen LogP contribution is -2.06. The Morgan fingerprint density at radius 2 is 1.89 bits per heavy atom. The molecule has 0 spiro atoms. The number of hydrogen-bond donors (Lipinski definition) is 0. The van der Waals surface area contributed by atoms with Crippen LogP contribution in [0.2, 0.25) is 5.02 Å². The monoisotopic (exact) mass is 392 g/mol. The summed E-state index contributed by atoms with van der Waals surface area (Å²) in [5, 5.41) is 0.0209. The van der Waals surface area contributed by atoms with Crippen LogP contribution in [0.5, 0.6) is 0 Å². The molecule has 0 saturated carbocycles. The van der Waals surface area contributed by atoms with Crippen molar-refractivity contribution in [3.63, 3.8) is 0 Å². The normalized spacial score (nSPS) is 10.5. The average molecular weight is 393 g/mol. The van der Waals surface area contributed by atoms with E-state index in [4.69, 9.17) is 11.6 Å². The van der Waals surface area contributed by atoms with Gasteiger partial charge in [-0.3, -0.25) is 4.79 Å². The van der Waals surface area contributed by atoms with E-state index in [1.807, 2.05) is 22.6 Å². The Balaban J connectivity index is 2.23. The van der Waals surface area contributed by atoms with Gasteiger partial charge in [-0.05, 0) is 58.5 Å². The Labute approximate surface area is 127 Å². The molecule has 0 saturated heterocycles. The molecule has 19 heavy (non-hydrogen) atoms. The number of carbonyl (C=O) groups excluding carboxylic acids is 1. The lowest BCUT2D eigenvalue weighted by atomic mass is 10.0. The first-order valence-corrected chi connectivity index (χ1v) is 6.85. The molecule has 0 N–H and O–H groups in total. The van der Waals surface area contributed by atoms with Gasteiger partial charge in [-0.15, -0.1) is 0 Å². The molecule has 5 heteroatoms. The Morgan fingerprint density at radius 3 is 2.53 bits per heavy atom. The minimum Gasteiger partial charge on any atom is -0.294 e. The quantitative estimate of drug-likeness (QED) is 0.549. The van der Waals surface area contributed by atoms with Gasteiger partial charge in [0.05, 0.1) is 5.02 Å². The van der Waals surface area contributed by atoms with Crippen LogP contribution in [0.1, 0.15) is 15.9 Å². The minimum absolute atomic E-state index is 0.0209. The fourth-order valence-corrected chi connectivity index (χ4v) is 2.54. The van der Waals surface area contributed by atoms with Crippen molar-refractivity contribution in [2.45, 2.75) is 6.42 Å².